The van der Waals surface area contributed by atoms with Crippen molar-refractivity contribution in [1.29, 1.82) is 5.26 Å². The van der Waals surface area contributed by atoms with E-state index in [2.05, 4.69) is 25.9 Å². The van der Waals surface area contributed by atoms with Crippen molar-refractivity contribution in [2.24, 2.45) is 4.99 Å². The fraction of sp³-hybridized carbons (Fsp3) is 0.100. The average molecular weight is 468 g/mol. The second kappa shape index (κ2) is 8.67. The summed E-state index contributed by atoms with van der Waals surface area (Å²) in [5.74, 6) is -0.345. The summed E-state index contributed by atoms with van der Waals surface area (Å²) in [4.78, 5) is 31.3. The molecule has 0 amide bonds. The molecular weight excluding hydrogens is 454 g/mol. The first kappa shape index (κ1) is 20.9. The van der Waals surface area contributed by atoms with Gasteiger partial charge in [0.15, 0.2) is 0 Å². The highest BCUT2D eigenvalue weighted by Gasteiger charge is 2.18. The Morgan fingerprint density at radius 3 is 2.80 bits per heavy atom. The van der Waals surface area contributed by atoms with Gasteiger partial charge in [-0.3, -0.25) is 29.5 Å². The van der Waals surface area contributed by atoms with Gasteiger partial charge < -0.3 is 5.11 Å². The van der Waals surface area contributed by atoms with Crippen molar-refractivity contribution >= 4 is 33.5 Å². The zero-order valence-corrected chi connectivity index (χ0v) is 17.2. The monoisotopic (exact) mass is 467 g/mol. The van der Waals surface area contributed by atoms with E-state index in [1.807, 2.05) is 6.07 Å². The molecule has 3 aromatic rings. The number of pyridine rings is 2. The number of rotatable bonds is 5. The van der Waals surface area contributed by atoms with Crippen LogP contribution in [0.25, 0.3) is 0 Å². The molecule has 3 rings (SSSR count). The predicted octanol–water partition coefficient (Wildman–Crippen LogP) is 3.60. The van der Waals surface area contributed by atoms with Gasteiger partial charge in [-0.1, -0.05) is 6.07 Å². The van der Waals surface area contributed by atoms with Crippen LogP contribution in [-0.4, -0.2) is 25.8 Å². The Balaban J connectivity index is 2.10. The molecule has 150 valence electrons. The molecule has 9 nitrogen and oxygen atoms in total. The van der Waals surface area contributed by atoms with E-state index >= 15 is 0 Å². The second-order valence-electron chi connectivity index (χ2n) is 6.25. The lowest BCUT2D eigenvalue weighted by Gasteiger charge is -2.14. The standard InChI is InChI=1S/C20H14BrN5O4/c1-12-15(8-22)19(27)25(11-13-3-2-6-23-9-13)20(28)16(12)10-24-18-5-4-14(26(29)30)7-17(18)21/h2-7,9-10,28H,11H2,1H3. The van der Waals surface area contributed by atoms with Crippen LogP contribution in [0, 0.1) is 28.4 Å². The Kier molecular flexibility index (Phi) is 6.03. The van der Waals surface area contributed by atoms with Crippen LogP contribution in [0.4, 0.5) is 11.4 Å². The van der Waals surface area contributed by atoms with E-state index in [0.717, 1.165) is 4.57 Å². The molecule has 0 saturated heterocycles. The summed E-state index contributed by atoms with van der Waals surface area (Å²) in [7, 11) is 0. The number of nitrogens with zero attached hydrogens (tertiary/aromatic N) is 5. The van der Waals surface area contributed by atoms with Gasteiger partial charge in [0.05, 0.1) is 22.7 Å². The quantitative estimate of drug-likeness (QED) is 0.346. The van der Waals surface area contributed by atoms with E-state index in [4.69, 9.17) is 0 Å². The number of nitriles is 1. The number of nitro benzene ring substituents is 1. The number of halogens is 1. The van der Waals surface area contributed by atoms with Crippen LogP contribution >= 0.6 is 15.9 Å². The predicted molar refractivity (Wildman–Crippen MR) is 113 cm³/mol. The van der Waals surface area contributed by atoms with Crippen molar-refractivity contribution in [2.75, 3.05) is 0 Å². The van der Waals surface area contributed by atoms with Gasteiger partial charge in [0.2, 0.25) is 5.88 Å². The van der Waals surface area contributed by atoms with Gasteiger partial charge in [-0.05, 0) is 46.1 Å². The fourth-order valence-corrected chi connectivity index (χ4v) is 3.26. The first-order chi connectivity index (χ1) is 14.3. The summed E-state index contributed by atoms with van der Waals surface area (Å²) >= 11 is 3.23. The van der Waals surface area contributed by atoms with E-state index in [-0.39, 0.29) is 34.8 Å². The molecule has 0 spiro atoms. The van der Waals surface area contributed by atoms with Gasteiger partial charge in [0.25, 0.3) is 11.2 Å². The van der Waals surface area contributed by atoms with Crippen molar-refractivity contribution in [3.05, 3.63) is 89.9 Å². The number of benzene rings is 1. The molecule has 0 unspecified atom stereocenters. The van der Waals surface area contributed by atoms with Gasteiger partial charge >= 0.3 is 0 Å². The molecule has 0 fully saturated rings. The third-order valence-corrected chi connectivity index (χ3v) is 5.02. The Labute approximate surface area is 178 Å². The molecule has 30 heavy (non-hydrogen) atoms. The van der Waals surface area contributed by atoms with Crippen molar-refractivity contribution in [3.8, 4) is 11.9 Å². The Bertz CT molecular complexity index is 1260. The van der Waals surface area contributed by atoms with Crippen LogP contribution in [-0.2, 0) is 6.54 Å². The maximum absolute atomic E-state index is 12.7. The molecule has 0 atom stereocenters. The zero-order chi connectivity index (χ0) is 21.8. The van der Waals surface area contributed by atoms with E-state index in [9.17, 15) is 25.3 Å². The molecule has 10 heteroatoms. The van der Waals surface area contributed by atoms with Crippen LogP contribution in [0.3, 0.4) is 0 Å². The number of hydrogen-bond donors (Lipinski definition) is 1. The van der Waals surface area contributed by atoms with E-state index in [1.54, 1.807) is 31.5 Å². The summed E-state index contributed by atoms with van der Waals surface area (Å²) in [5, 5.41) is 31.0. The lowest BCUT2D eigenvalue weighted by molar-refractivity contribution is -0.384. The minimum absolute atomic E-state index is 0.0233. The molecule has 0 aliphatic heterocycles. The van der Waals surface area contributed by atoms with Crippen LogP contribution in [0.15, 0.2) is 57.0 Å². The third kappa shape index (κ3) is 4.11. The number of aliphatic imine (C=N–C) groups is 1. The molecule has 2 aromatic heterocycles. The molecular formula is C20H14BrN5O4. The topological polar surface area (TPSA) is 134 Å². The maximum Gasteiger partial charge on any atom is 0.271 e. The minimum atomic E-state index is -0.620. The Morgan fingerprint density at radius 1 is 1.43 bits per heavy atom. The highest BCUT2D eigenvalue weighted by molar-refractivity contribution is 9.10. The summed E-state index contributed by atoms with van der Waals surface area (Å²) < 4.78 is 1.46. The Hall–Kier alpha value is -3.84. The molecule has 2 heterocycles. The highest BCUT2D eigenvalue weighted by atomic mass is 79.9. The first-order valence-corrected chi connectivity index (χ1v) is 9.36. The SMILES string of the molecule is Cc1c(C=Nc2ccc([N+](=O)[O-])cc2Br)c(O)n(Cc2cccnc2)c(=O)c1C#N. The largest absolute Gasteiger partial charge is 0.494 e. The van der Waals surface area contributed by atoms with Crippen LogP contribution in [0.2, 0.25) is 0 Å². The van der Waals surface area contributed by atoms with Crippen molar-refractivity contribution < 1.29 is 10.0 Å². The van der Waals surface area contributed by atoms with Crippen LogP contribution in [0.1, 0.15) is 22.3 Å². The van der Waals surface area contributed by atoms with Gasteiger partial charge in [0, 0.05) is 35.2 Å². The summed E-state index contributed by atoms with van der Waals surface area (Å²) in [6.45, 7) is 1.57. The van der Waals surface area contributed by atoms with Crippen molar-refractivity contribution in [1.82, 2.24) is 9.55 Å². The zero-order valence-electron chi connectivity index (χ0n) is 15.6. The average Bonchev–Trinajstić information content (AvgIpc) is 2.73. The number of hydrogen-bond acceptors (Lipinski definition) is 7. The fourth-order valence-electron chi connectivity index (χ4n) is 2.79. The first-order valence-electron chi connectivity index (χ1n) is 8.56. The van der Waals surface area contributed by atoms with Gasteiger partial charge in [-0.25, -0.2) is 0 Å². The summed E-state index contributed by atoms with van der Waals surface area (Å²) in [6.07, 6.45) is 4.46. The number of aromatic hydroxyl groups is 1. The molecule has 1 aromatic carbocycles. The van der Waals surface area contributed by atoms with E-state index < -0.39 is 10.5 Å². The number of nitro groups is 1. The van der Waals surface area contributed by atoms with Crippen molar-refractivity contribution in [2.45, 2.75) is 13.5 Å². The molecule has 0 bridgehead atoms. The normalized spacial score (nSPS) is 10.8. The molecule has 0 saturated carbocycles. The van der Waals surface area contributed by atoms with Gasteiger partial charge in [-0.2, -0.15) is 5.26 Å². The van der Waals surface area contributed by atoms with Crippen LogP contribution in [0.5, 0.6) is 5.88 Å². The van der Waals surface area contributed by atoms with E-state index in [0.29, 0.717) is 15.7 Å². The molecule has 1 N–H and O–H groups in total. The summed E-state index contributed by atoms with van der Waals surface area (Å²) in [5.41, 5.74) is 0.693. The van der Waals surface area contributed by atoms with Crippen LogP contribution < -0.4 is 5.56 Å². The van der Waals surface area contributed by atoms with Crippen molar-refractivity contribution in [3.63, 3.8) is 0 Å². The smallest absolute Gasteiger partial charge is 0.271 e. The highest BCUT2D eigenvalue weighted by Crippen LogP contribution is 2.30. The third-order valence-electron chi connectivity index (χ3n) is 4.38. The maximum atomic E-state index is 12.7. The van der Waals surface area contributed by atoms with E-state index in [1.165, 1.54) is 24.4 Å². The lowest BCUT2D eigenvalue weighted by atomic mass is 10.1. The molecule has 0 aliphatic carbocycles. The van der Waals surface area contributed by atoms with Gasteiger partial charge in [-0.15, -0.1) is 0 Å². The minimum Gasteiger partial charge on any atom is -0.494 e. The Morgan fingerprint density at radius 2 is 2.20 bits per heavy atom. The lowest BCUT2D eigenvalue weighted by Crippen LogP contribution is -2.26. The number of non-ortho nitro benzene ring substituents is 1. The number of aromatic nitrogens is 2. The summed E-state index contributed by atoms with van der Waals surface area (Å²) in [6, 6.07) is 9.38. The molecule has 0 aliphatic rings. The molecule has 0 radical (unpaired) electrons. The van der Waals surface area contributed by atoms with Gasteiger partial charge in [0.1, 0.15) is 11.6 Å². The second-order valence-corrected chi connectivity index (χ2v) is 7.11.